The second-order valence-electron chi connectivity index (χ2n) is 6.87. The van der Waals surface area contributed by atoms with Gasteiger partial charge in [-0.1, -0.05) is 56.5 Å². The van der Waals surface area contributed by atoms with Crippen LogP contribution in [-0.4, -0.2) is 0 Å². The second kappa shape index (κ2) is 5.66. The maximum Gasteiger partial charge on any atom is 0.0517 e. The molecule has 0 spiro atoms. The first-order chi connectivity index (χ1) is 8.38. The van der Waals surface area contributed by atoms with E-state index in [0.717, 1.165) is 11.8 Å². The first-order valence-electron chi connectivity index (χ1n) is 7.12. The smallest absolute Gasteiger partial charge is 0.0517 e. The number of thiophene rings is 1. The molecule has 1 aromatic rings. The molecule has 1 aliphatic carbocycles. The summed E-state index contributed by atoms with van der Waals surface area (Å²) in [7, 11) is 0. The van der Waals surface area contributed by atoms with Crippen molar-refractivity contribution in [3.8, 4) is 0 Å². The van der Waals surface area contributed by atoms with Crippen LogP contribution in [0.5, 0.6) is 0 Å². The predicted octanol–water partition coefficient (Wildman–Crippen LogP) is 6.31. The van der Waals surface area contributed by atoms with Crippen molar-refractivity contribution in [2.75, 3.05) is 0 Å². The lowest BCUT2D eigenvalue weighted by Gasteiger charge is -2.29. The minimum atomic E-state index is 0.288. The Morgan fingerprint density at radius 1 is 1.17 bits per heavy atom. The van der Waals surface area contributed by atoms with Crippen LogP contribution in [0.15, 0.2) is 12.1 Å². The van der Waals surface area contributed by atoms with Gasteiger partial charge in [0.05, 0.1) is 4.83 Å². The van der Waals surface area contributed by atoms with Crippen LogP contribution >= 0.6 is 27.3 Å². The Bertz CT molecular complexity index is 380. The normalized spacial score (nSPS) is 27.2. The molecule has 0 bridgehead atoms. The van der Waals surface area contributed by atoms with Gasteiger partial charge >= 0.3 is 0 Å². The third-order valence-electron chi connectivity index (χ3n) is 4.11. The Balaban J connectivity index is 2.05. The standard InChI is InChI=1S/C16H25BrS/c1-11-5-7-12(8-6-11)15(17)13-9-10-14(18-13)16(2,3)4/h9-12,15H,5-8H2,1-4H3. The van der Waals surface area contributed by atoms with Gasteiger partial charge in [0.25, 0.3) is 0 Å². The molecular weight excluding hydrogens is 304 g/mol. The van der Waals surface area contributed by atoms with E-state index < -0.39 is 0 Å². The number of halogens is 1. The fourth-order valence-corrected chi connectivity index (χ4v) is 4.81. The van der Waals surface area contributed by atoms with Crippen molar-refractivity contribution in [1.29, 1.82) is 0 Å². The SMILES string of the molecule is CC1CCC(C(Br)c2ccc(C(C)(C)C)s2)CC1. The summed E-state index contributed by atoms with van der Waals surface area (Å²) >= 11 is 5.95. The molecular formula is C16H25BrS. The molecule has 1 aliphatic rings. The summed E-state index contributed by atoms with van der Waals surface area (Å²) in [5, 5.41) is 0. The van der Waals surface area contributed by atoms with E-state index in [4.69, 9.17) is 0 Å². The van der Waals surface area contributed by atoms with E-state index in [2.05, 4.69) is 55.8 Å². The van der Waals surface area contributed by atoms with Crippen LogP contribution in [0.25, 0.3) is 0 Å². The average molecular weight is 329 g/mol. The Kier molecular flexibility index (Phi) is 4.59. The van der Waals surface area contributed by atoms with E-state index in [1.54, 1.807) is 0 Å². The summed E-state index contributed by atoms with van der Waals surface area (Å²) < 4.78 is 0. The molecule has 1 unspecified atom stereocenters. The van der Waals surface area contributed by atoms with E-state index in [0.29, 0.717) is 4.83 Å². The van der Waals surface area contributed by atoms with E-state index in [-0.39, 0.29) is 5.41 Å². The summed E-state index contributed by atoms with van der Waals surface area (Å²) in [6, 6.07) is 4.66. The highest BCUT2D eigenvalue weighted by Crippen LogP contribution is 2.44. The topological polar surface area (TPSA) is 0 Å². The lowest BCUT2D eigenvalue weighted by molar-refractivity contribution is 0.288. The molecule has 18 heavy (non-hydrogen) atoms. The van der Waals surface area contributed by atoms with Crippen LogP contribution in [-0.2, 0) is 5.41 Å². The van der Waals surface area contributed by atoms with Crippen LogP contribution in [0.4, 0.5) is 0 Å². The van der Waals surface area contributed by atoms with Gasteiger partial charge in [0.2, 0.25) is 0 Å². The zero-order valence-electron chi connectivity index (χ0n) is 12.0. The Labute approximate surface area is 124 Å². The van der Waals surface area contributed by atoms with Crippen LogP contribution in [0.3, 0.4) is 0 Å². The molecule has 2 rings (SSSR count). The minimum Gasteiger partial charge on any atom is -0.144 e. The van der Waals surface area contributed by atoms with E-state index in [1.165, 1.54) is 35.4 Å². The molecule has 102 valence electrons. The van der Waals surface area contributed by atoms with E-state index in [9.17, 15) is 0 Å². The third kappa shape index (κ3) is 3.39. The highest BCUT2D eigenvalue weighted by molar-refractivity contribution is 9.09. The van der Waals surface area contributed by atoms with Crippen LogP contribution in [0.2, 0.25) is 0 Å². The van der Waals surface area contributed by atoms with Crippen LogP contribution in [0.1, 0.15) is 68.0 Å². The maximum atomic E-state index is 3.96. The summed E-state index contributed by atoms with van der Waals surface area (Å²) in [6.07, 6.45) is 5.59. The highest BCUT2D eigenvalue weighted by Gasteiger charge is 2.27. The molecule has 1 aromatic heterocycles. The number of hydrogen-bond donors (Lipinski definition) is 0. The fraction of sp³-hybridized carbons (Fsp3) is 0.750. The molecule has 1 atom stereocenters. The zero-order valence-corrected chi connectivity index (χ0v) is 14.4. The number of rotatable bonds is 2. The van der Waals surface area contributed by atoms with Gasteiger partial charge in [-0.3, -0.25) is 0 Å². The molecule has 0 aliphatic heterocycles. The molecule has 2 heteroatoms. The maximum absolute atomic E-state index is 3.96. The van der Waals surface area contributed by atoms with Crippen LogP contribution in [0, 0.1) is 11.8 Å². The second-order valence-corrected chi connectivity index (χ2v) is 8.98. The van der Waals surface area contributed by atoms with Crippen molar-refractivity contribution in [3.63, 3.8) is 0 Å². The fourth-order valence-electron chi connectivity index (χ4n) is 2.71. The van der Waals surface area contributed by atoms with Crippen molar-refractivity contribution in [2.24, 2.45) is 11.8 Å². The lowest BCUT2D eigenvalue weighted by Crippen LogP contribution is -2.15. The van der Waals surface area contributed by atoms with Crippen molar-refractivity contribution in [3.05, 3.63) is 21.9 Å². The Morgan fingerprint density at radius 3 is 2.28 bits per heavy atom. The number of alkyl halides is 1. The summed E-state index contributed by atoms with van der Waals surface area (Å²) in [5.74, 6) is 1.78. The van der Waals surface area contributed by atoms with Gasteiger partial charge in [-0.2, -0.15) is 0 Å². The van der Waals surface area contributed by atoms with Gasteiger partial charge in [-0.15, -0.1) is 11.3 Å². The van der Waals surface area contributed by atoms with Gasteiger partial charge in [0, 0.05) is 9.75 Å². The Hall–Kier alpha value is 0.180. The van der Waals surface area contributed by atoms with Crippen molar-refractivity contribution < 1.29 is 0 Å². The molecule has 1 heterocycles. The lowest BCUT2D eigenvalue weighted by atomic mass is 9.81. The number of hydrogen-bond acceptors (Lipinski definition) is 1. The third-order valence-corrected chi connectivity index (χ3v) is 7.25. The zero-order chi connectivity index (χ0) is 13.3. The van der Waals surface area contributed by atoms with Gasteiger partial charge < -0.3 is 0 Å². The van der Waals surface area contributed by atoms with Gasteiger partial charge in [0.1, 0.15) is 0 Å². The van der Waals surface area contributed by atoms with Gasteiger partial charge in [0.15, 0.2) is 0 Å². The van der Waals surface area contributed by atoms with Crippen molar-refractivity contribution in [2.45, 2.75) is 63.6 Å². The van der Waals surface area contributed by atoms with Gasteiger partial charge in [-0.05, 0) is 42.2 Å². The first kappa shape index (κ1) is 14.6. The monoisotopic (exact) mass is 328 g/mol. The van der Waals surface area contributed by atoms with E-state index in [1.807, 2.05) is 11.3 Å². The molecule has 1 saturated carbocycles. The highest BCUT2D eigenvalue weighted by atomic mass is 79.9. The molecule has 0 radical (unpaired) electrons. The minimum absolute atomic E-state index is 0.288. The first-order valence-corrected chi connectivity index (χ1v) is 8.85. The van der Waals surface area contributed by atoms with Gasteiger partial charge in [-0.25, -0.2) is 0 Å². The summed E-state index contributed by atoms with van der Waals surface area (Å²) in [6.45, 7) is 9.29. The van der Waals surface area contributed by atoms with Crippen molar-refractivity contribution in [1.82, 2.24) is 0 Å². The largest absolute Gasteiger partial charge is 0.144 e. The van der Waals surface area contributed by atoms with E-state index >= 15 is 0 Å². The molecule has 1 fully saturated rings. The quantitative estimate of drug-likeness (QED) is 0.558. The predicted molar refractivity (Wildman–Crippen MR) is 85.8 cm³/mol. The summed E-state index contributed by atoms with van der Waals surface area (Å²) in [4.78, 5) is 3.61. The Morgan fingerprint density at radius 2 is 1.78 bits per heavy atom. The molecule has 0 saturated heterocycles. The average Bonchev–Trinajstić information content (AvgIpc) is 2.78. The van der Waals surface area contributed by atoms with Crippen molar-refractivity contribution >= 4 is 27.3 Å². The molecule has 0 N–H and O–H groups in total. The molecule has 0 nitrogen and oxygen atoms in total. The molecule has 0 amide bonds. The molecule has 0 aromatic carbocycles. The summed E-state index contributed by atoms with van der Waals surface area (Å²) in [5.41, 5.74) is 0.288. The van der Waals surface area contributed by atoms with Crippen LogP contribution < -0.4 is 0 Å².